The summed E-state index contributed by atoms with van der Waals surface area (Å²) in [5, 5.41) is 9.67. The summed E-state index contributed by atoms with van der Waals surface area (Å²) in [6.45, 7) is -0.111. The van der Waals surface area contributed by atoms with Gasteiger partial charge in [-0.2, -0.15) is 0 Å². The first-order valence-electron chi connectivity index (χ1n) is 5.71. The fourth-order valence-electron chi connectivity index (χ4n) is 1.51. The number of hydrogen-bond acceptors (Lipinski definition) is 3. The Morgan fingerprint density at radius 3 is 2.95 bits per heavy atom. The van der Waals surface area contributed by atoms with Crippen molar-refractivity contribution >= 4 is 27.7 Å². The van der Waals surface area contributed by atoms with Gasteiger partial charge in [0.05, 0.1) is 0 Å². The molecule has 1 aromatic heterocycles. The Morgan fingerprint density at radius 1 is 1.26 bits per heavy atom. The molecule has 4 heteroatoms. The van der Waals surface area contributed by atoms with Crippen LogP contribution >= 0.6 is 27.7 Å². The zero-order chi connectivity index (χ0) is 13.5. The van der Waals surface area contributed by atoms with Gasteiger partial charge in [-0.05, 0) is 45.8 Å². The average molecular weight is 334 g/mol. The summed E-state index contributed by atoms with van der Waals surface area (Å²) >= 11 is 5.16. The Morgan fingerprint density at radius 2 is 2.16 bits per heavy atom. The lowest BCUT2D eigenvalue weighted by Crippen LogP contribution is -1.86. The number of aliphatic hydroxyl groups is 1. The van der Waals surface area contributed by atoms with Crippen LogP contribution in [0.2, 0.25) is 0 Å². The van der Waals surface area contributed by atoms with Gasteiger partial charge >= 0.3 is 0 Å². The van der Waals surface area contributed by atoms with Gasteiger partial charge < -0.3 is 5.11 Å². The number of thioether (sulfide) groups is 1. The Bertz CT molecular complexity index is 619. The average Bonchev–Trinajstić information content (AvgIpc) is 2.45. The Balaban J connectivity index is 2.06. The van der Waals surface area contributed by atoms with Crippen molar-refractivity contribution in [2.24, 2.45) is 0 Å². The lowest BCUT2D eigenvalue weighted by atomic mass is 10.1. The van der Waals surface area contributed by atoms with Crippen LogP contribution in [0, 0.1) is 11.8 Å². The summed E-state index contributed by atoms with van der Waals surface area (Å²) in [6.07, 6.45) is 1.79. The molecular formula is C15H12BrNOS. The predicted octanol–water partition coefficient (Wildman–Crippen LogP) is 3.48. The summed E-state index contributed by atoms with van der Waals surface area (Å²) in [5.74, 6) is 6.40. The normalized spacial score (nSPS) is 9.79. The van der Waals surface area contributed by atoms with E-state index in [1.807, 2.05) is 30.3 Å². The van der Waals surface area contributed by atoms with Crippen LogP contribution in [0.5, 0.6) is 0 Å². The predicted molar refractivity (Wildman–Crippen MR) is 81.9 cm³/mol. The number of pyridine rings is 1. The number of rotatable bonds is 3. The molecule has 0 aliphatic heterocycles. The lowest BCUT2D eigenvalue weighted by molar-refractivity contribution is 0.350. The second-order valence-electron chi connectivity index (χ2n) is 3.74. The van der Waals surface area contributed by atoms with Crippen LogP contribution in [0.1, 0.15) is 11.1 Å². The number of halogens is 1. The third kappa shape index (κ3) is 4.39. The highest BCUT2D eigenvalue weighted by atomic mass is 79.9. The van der Waals surface area contributed by atoms with Gasteiger partial charge in [0, 0.05) is 22.0 Å². The van der Waals surface area contributed by atoms with E-state index < -0.39 is 0 Å². The van der Waals surface area contributed by atoms with Crippen molar-refractivity contribution in [2.75, 3.05) is 6.61 Å². The summed E-state index contributed by atoms with van der Waals surface area (Å²) in [7, 11) is 0. The Kier molecular flexibility index (Phi) is 5.46. The molecule has 0 radical (unpaired) electrons. The smallest absolute Gasteiger partial charge is 0.110 e. The number of aliphatic hydroxyl groups excluding tert-OH is 1. The molecule has 0 saturated heterocycles. The number of benzene rings is 1. The van der Waals surface area contributed by atoms with E-state index in [2.05, 4.69) is 38.8 Å². The van der Waals surface area contributed by atoms with Crippen molar-refractivity contribution in [1.29, 1.82) is 0 Å². The summed E-state index contributed by atoms with van der Waals surface area (Å²) in [5.41, 5.74) is 2.11. The molecule has 2 rings (SSSR count). The molecular weight excluding hydrogens is 322 g/mol. The molecule has 0 spiro atoms. The third-order valence-corrected chi connectivity index (χ3v) is 4.32. The maximum atomic E-state index is 8.69. The van der Waals surface area contributed by atoms with Crippen molar-refractivity contribution in [3.8, 4) is 11.8 Å². The van der Waals surface area contributed by atoms with Crippen LogP contribution in [0.15, 0.2) is 52.1 Å². The first-order valence-corrected chi connectivity index (χ1v) is 7.49. The van der Waals surface area contributed by atoms with E-state index >= 15 is 0 Å². The van der Waals surface area contributed by atoms with Crippen LogP contribution in [0.25, 0.3) is 0 Å². The maximum Gasteiger partial charge on any atom is 0.110 e. The van der Waals surface area contributed by atoms with Crippen molar-refractivity contribution in [3.05, 3.63) is 58.2 Å². The molecule has 0 unspecified atom stereocenters. The lowest BCUT2D eigenvalue weighted by Gasteiger charge is -2.03. The van der Waals surface area contributed by atoms with Gasteiger partial charge in [-0.1, -0.05) is 24.0 Å². The highest BCUT2D eigenvalue weighted by Gasteiger charge is 2.02. The van der Waals surface area contributed by atoms with Crippen LogP contribution in [0.3, 0.4) is 0 Å². The molecule has 0 amide bonds. The summed E-state index contributed by atoms with van der Waals surface area (Å²) in [4.78, 5) is 4.32. The van der Waals surface area contributed by atoms with Gasteiger partial charge in [0.15, 0.2) is 0 Å². The van der Waals surface area contributed by atoms with Crippen molar-refractivity contribution < 1.29 is 5.11 Å². The van der Waals surface area contributed by atoms with Gasteiger partial charge in [-0.15, -0.1) is 11.8 Å². The zero-order valence-corrected chi connectivity index (χ0v) is 12.5. The Labute approximate surface area is 125 Å². The number of hydrogen-bond donors (Lipinski definition) is 1. The summed E-state index contributed by atoms with van der Waals surface area (Å²) < 4.78 is 1.01. The van der Waals surface area contributed by atoms with Crippen LogP contribution in [-0.2, 0) is 5.75 Å². The minimum Gasteiger partial charge on any atom is -0.384 e. The van der Waals surface area contributed by atoms with Gasteiger partial charge in [0.25, 0.3) is 0 Å². The van der Waals surface area contributed by atoms with Crippen molar-refractivity contribution in [2.45, 2.75) is 10.8 Å². The monoisotopic (exact) mass is 333 g/mol. The van der Waals surface area contributed by atoms with E-state index in [0.717, 1.165) is 20.8 Å². The first kappa shape index (κ1) is 14.1. The first-order chi connectivity index (χ1) is 9.29. The third-order valence-electron chi connectivity index (χ3n) is 2.34. The molecule has 2 aromatic rings. The van der Waals surface area contributed by atoms with E-state index in [9.17, 15) is 0 Å². The molecule has 0 fully saturated rings. The molecule has 1 heterocycles. The standard InChI is InChI=1S/C15H12BrNOS/c16-14-7-2-8-17-15(14)19-11-13-5-1-4-12(10-13)6-3-9-18/h1-2,4-5,7-8,10,18H,9,11H2. The fourth-order valence-corrected chi connectivity index (χ4v) is 2.93. The maximum absolute atomic E-state index is 8.69. The van der Waals surface area contributed by atoms with E-state index in [1.54, 1.807) is 18.0 Å². The number of aromatic nitrogens is 1. The molecule has 0 atom stereocenters. The molecule has 1 aromatic carbocycles. The van der Waals surface area contributed by atoms with Crippen LogP contribution < -0.4 is 0 Å². The van der Waals surface area contributed by atoms with Crippen molar-refractivity contribution in [1.82, 2.24) is 4.98 Å². The van der Waals surface area contributed by atoms with Gasteiger partial charge in [0.2, 0.25) is 0 Å². The van der Waals surface area contributed by atoms with Gasteiger partial charge in [-0.3, -0.25) is 0 Å². The van der Waals surface area contributed by atoms with Crippen molar-refractivity contribution in [3.63, 3.8) is 0 Å². The van der Waals surface area contributed by atoms with E-state index in [-0.39, 0.29) is 6.61 Å². The molecule has 0 bridgehead atoms. The molecule has 19 heavy (non-hydrogen) atoms. The Hall–Kier alpha value is -1.28. The largest absolute Gasteiger partial charge is 0.384 e. The minimum absolute atomic E-state index is 0.111. The van der Waals surface area contributed by atoms with Crippen LogP contribution in [0.4, 0.5) is 0 Å². The molecule has 0 aliphatic carbocycles. The topological polar surface area (TPSA) is 33.1 Å². The number of nitrogens with zero attached hydrogens (tertiary/aromatic N) is 1. The van der Waals surface area contributed by atoms with Gasteiger partial charge in [0.1, 0.15) is 11.6 Å². The van der Waals surface area contributed by atoms with E-state index in [4.69, 9.17) is 5.11 Å². The molecule has 1 N–H and O–H groups in total. The quantitative estimate of drug-likeness (QED) is 0.689. The van der Waals surface area contributed by atoms with E-state index in [1.165, 1.54) is 5.56 Å². The fraction of sp³-hybridized carbons (Fsp3) is 0.133. The SMILES string of the molecule is OCC#Cc1cccc(CSc2ncccc2Br)c1. The highest BCUT2D eigenvalue weighted by molar-refractivity contribution is 9.10. The molecule has 2 nitrogen and oxygen atoms in total. The minimum atomic E-state index is -0.111. The van der Waals surface area contributed by atoms with Gasteiger partial charge in [-0.25, -0.2) is 4.98 Å². The molecule has 96 valence electrons. The van der Waals surface area contributed by atoms with E-state index in [0.29, 0.717) is 0 Å². The molecule has 0 saturated carbocycles. The zero-order valence-electron chi connectivity index (χ0n) is 10.1. The summed E-state index contributed by atoms with van der Waals surface area (Å²) in [6, 6.07) is 11.9. The second-order valence-corrected chi connectivity index (χ2v) is 5.56. The molecule has 0 aliphatic rings. The van der Waals surface area contributed by atoms with Crippen LogP contribution in [-0.4, -0.2) is 16.7 Å². The highest BCUT2D eigenvalue weighted by Crippen LogP contribution is 2.27. The second kappa shape index (κ2) is 7.34.